The molecule has 0 aliphatic carbocycles. The van der Waals surface area contributed by atoms with Gasteiger partial charge in [-0.15, -0.1) is 0 Å². The van der Waals surface area contributed by atoms with Gasteiger partial charge in [-0.25, -0.2) is 4.39 Å². The van der Waals surface area contributed by atoms with Gasteiger partial charge in [0.1, 0.15) is 0 Å². The van der Waals surface area contributed by atoms with E-state index in [2.05, 4.69) is 5.32 Å². The van der Waals surface area contributed by atoms with Crippen LogP contribution < -0.4 is 10.1 Å². The number of hydrogen-bond acceptors (Lipinski definition) is 3. The molecule has 1 aliphatic heterocycles. The van der Waals surface area contributed by atoms with Crippen molar-refractivity contribution in [3.05, 3.63) is 29.6 Å². The van der Waals surface area contributed by atoms with Crippen LogP contribution in [0.2, 0.25) is 0 Å². The Hall–Kier alpha value is -1.91. The van der Waals surface area contributed by atoms with E-state index >= 15 is 0 Å². The van der Waals surface area contributed by atoms with Gasteiger partial charge in [0, 0.05) is 18.3 Å². The highest BCUT2D eigenvalue weighted by Crippen LogP contribution is 2.36. The number of piperidine rings is 1. The lowest BCUT2D eigenvalue weighted by Gasteiger charge is -2.31. The maximum absolute atomic E-state index is 13.9. The van der Waals surface area contributed by atoms with Gasteiger partial charge in [-0.1, -0.05) is 19.9 Å². The molecule has 2 rings (SSSR count). The highest BCUT2D eigenvalue weighted by atomic mass is 19.1. The minimum Gasteiger partial charge on any atom is -0.494 e. The second-order valence-electron chi connectivity index (χ2n) is 5.85. The van der Waals surface area contributed by atoms with Crippen molar-refractivity contribution in [2.45, 2.75) is 32.6 Å². The molecule has 1 aromatic carbocycles. The van der Waals surface area contributed by atoms with Crippen molar-refractivity contribution in [1.82, 2.24) is 5.32 Å². The summed E-state index contributed by atoms with van der Waals surface area (Å²) in [5, 5.41) is 2.38. The Morgan fingerprint density at radius 2 is 2.10 bits per heavy atom. The van der Waals surface area contributed by atoms with E-state index in [0.717, 1.165) is 0 Å². The Morgan fingerprint density at radius 1 is 1.38 bits per heavy atom. The number of rotatable bonds is 4. The van der Waals surface area contributed by atoms with Crippen LogP contribution in [0.4, 0.5) is 4.39 Å². The number of nitrogens with one attached hydrogen (secondary N) is 1. The summed E-state index contributed by atoms with van der Waals surface area (Å²) in [6.45, 7) is 4.05. The van der Waals surface area contributed by atoms with Gasteiger partial charge in [0.15, 0.2) is 11.6 Å². The lowest BCUT2D eigenvalue weighted by molar-refractivity contribution is -0.137. The molecule has 0 aromatic heterocycles. The van der Waals surface area contributed by atoms with Crippen molar-refractivity contribution in [2.24, 2.45) is 11.8 Å². The van der Waals surface area contributed by atoms with Gasteiger partial charge in [0.2, 0.25) is 11.8 Å². The molecule has 0 spiro atoms. The SMILES string of the molecule is COc1ccc(C2CC(=O)NC(=O)C2CC(C)C)cc1F. The van der Waals surface area contributed by atoms with Crippen LogP contribution in [0.3, 0.4) is 0 Å². The first-order valence-electron chi connectivity index (χ1n) is 7.09. The molecule has 1 saturated heterocycles. The monoisotopic (exact) mass is 293 g/mol. The number of amides is 2. The summed E-state index contributed by atoms with van der Waals surface area (Å²) in [6, 6.07) is 4.63. The van der Waals surface area contributed by atoms with Crippen molar-refractivity contribution in [2.75, 3.05) is 7.11 Å². The summed E-state index contributed by atoms with van der Waals surface area (Å²) in [4.78, 5) is 23.7. The van der Waals surface area contributed by atoms with Crippen molar-refractivity contribution < 1.29 is 18.7 Å². The van der Waals surface area contributed by atoms with Crippen molar-refractivity contribution in [3.8, 4) is 5.75 Å². The van der Waals surface area contributed by atoms with Gasteiger partial charge in [-0.3, -0.25) is 14.9 Å². The van der Waals surface area contributed by atoms with E-state index in [4.69, 9.17) is 4.74 Å². The molecule has 2 unspecified atom stereocenters. The number of ether oxygens (including phenoxy) is 1. The Labute approximate surface area is 123 Å². The summed E-state index contributed by atoms with van der Waals surface area (Å²) in [6.07, 6.45) is 0.867. The van der Waals surface area contributed by atoms with Crippen LogP contribution in [-0.4, -0.2) is 18.9 Å². The zero-order chi connectivity index (χ0) is 15.6. The van der Waals surface area contributed by atoms with E-state index in [9.17, 15) is 14.0 Å². The lowest BCUT2D eigenvalue weighted by Crippen LogP contribution is -2.45. The second kappa shape index (κ2) is 6.24. The van der Waals surface area contributed by atoms with E-state index in [0.29, 0.717) is 17.9 Å². The molecule has 1 aliphatic rings. The van der Waals surface area contributed by atoms with E-state index in [1.54, 1.807) is 6.07 Å². The third-order valence-corrected chi connectivity index (χ3v) is 3.82. The maximum atomic E-state index is 13.9. The summed E-state index contributed by atoms with van der Waals surface area (Å²) in [7, 11) is 1.40. The zero-order valence-corrected chi connectivity index (χ0v) is 12.5. The average molecular weight is 293 g/mol. The van der Waals surface area contributed by atoms with Crippen LogP contribution >= 0.6 is 0 Å². The van der Waals surface area contributed by atoms with E-state index in [1.165, 1.54) is 19.2 Å². The molecule has 0 bridgehead atoms. The first-order valence-corrected chi connectivity index (χ1v) is 7.09. The predicted octanol–water partition coefficient (Wildman–Crippen LogP) is 2.63. The van der Waals surface area contributed by atoms with Crippen LogP contribution in [0.25, 0.3) is 0 Å². The zero-order valence-electron chi connectivity index (χ0n) is 12.5. The molecule has 0 radical (unpaired) electrons. The van der Waals surface area contributed by atoms with E-state index in [-0.39, 0.29) is 35.8 Å². The van der Waals surface area contributed by atoms with Crippen molar-refractivity contribution >= 4 is 11.8 Å². The molecule has 1 N–H and O–H groups in total. The Bertz CT molecular complexity index is 556. The topological polar surface area (TPSA) is 55.4 Å². The van der Waals surface area contributed by atoms with Crippen molar-refractivity contribution in [1.29, 1.82) is 0 Å². The number of halogens is 1. The minimum absolute atomic E-state index is 0.158. The summed E-state index contributed by atoms with van der Waals surface area (Å²) >= 11 is 0. The fourth-order valence-corrected chi connectivity index (χ4v) is 2.85. The number of methoxy groups -OCH3 is 1. The molecule has 2 atom stereocenters. The van der Waals surface area contributed by atoms with Crippen molar-refractivity contribution in [3.63, 3.8) is 0 Å². The number of carbonyl (C=O) groups excluding carboxylic acids is 2. The third-order valence-electron chi connectivity index (χ3n) is 3.82. The quantitative estimate of drug-likeness (QED) is 0.868. The van der Waals surface area contributed by atoms with Crippen LogP contribution in [0.15, 0.2) is 18.2 Å². The predicted molar refractivity (Wildman–Crippen MR) is 76.4 cm³/mol. The van der Waals surface area contributed by atoms with Crippen LogP contribution in [0.1, 0.15) is 38.2 Å². The minimum atomic E-state index is -0.475. The Balaban J connectivity index is 2.34. The highest BCUT2D eigenvalue weighted by Gasteiger charge is 2.37. The summed E-state index contributed by atoms with van der Waals surface area (Å²) < 4.78 is 18.8. The molecule has 4 nitrogen and oxygen atoms in total. The molecule has 1 heterocycles. The van der Waals surface area contributed by atoms with Gasteiger partial charge in [0.25, 0.3) is 0 Å². The normalized spacial score (nSPS) is 22.3. The molecular formula is C16H20FNO3. The standard InChI is InChI=1S/C16H20FNO3/c1-9(2)6-12-11(8-15(19)18-16(12)20)10-4-5-14(21-3)13(17)7-10/h4-5,7,9,11-12H,6,8H2,1-3H3,(H,18,19,20). The summed E-state index contributed by atoms with van der Waals surface area (Å²) in [5.41, 5.74) is 0.669. The second-order valence-corrected chi connectivity index (χ2v) is 5.85. The molecule has 114 valence electrons. The molecular weight excluding hydrogens is 273 g/mol. The van der Waals surface area contributed by atoms with Gasteiger partial charge in [0.05, 0.1) is 7.11 Å². The maximum Gasteiger partial charge on any atom is 0.230 e. The van der Waals surface area contributed by atoms with Gasteiger partial charge in [-0.2, -0.15) is 0 Å². The number of imide groups is 1. The van der Waals surface area contributed by atoms with Gasteiger partial charge < -0.3 is 4.74 Å². The molecule has 0 saturated carbocycles. The van der Waals surface area contributed by atoms with Gasteiger partial charge in [-0.05, 0) is 30.0 Å². The van der Waals surface area contributed by atoms with Gasteiger partial charge >= 0.3 is 0 Å². The number of benzene rings is 1. The number of carbonyl (C=O) groups is 2. The number of hydrogen-bond donors (Lipinski definition) is 1. The molecule has 21 heavy (non-hydrogen) atoms. The van der Waals surface area contributed by atoms with E-state index in [1.807, 2.05) is 13.8 Å². The van der Waals surface area contributed by atoms with E-state index < -0.39 is 5.82 Å². The highest BCUT2D eigenvalue weighted by molar-refractivity contribution is 5.99. The fraction of sp³-hybridized carbons (Fsp3) is 0.500. The Morgan fingerprint density at radius 3 is 2.67 bits per heavy atom. The first kappa shape index (κ1) is 15.5. The largest absolute Gasteiger partial charge is 0.494 e. The molecule has 1 aromatic rings. The van der Waals surface area contributed by atoms with Crippen LogP contribution in [0.5, 0.6) is 5.75 Å². The molecule has 2 amide bonds. The smallest absolute Gasteiger partial charge is 0.230 e. The molecule has 5 heteroatoms. The lowest BCUT2D eigenvalue weighted by atomic mass is 9.76. The fourth-order valence-electron chi connectivity index (χ4n) is 2.85. The summed E-state index contributed by atoms with van der Waals surface area (Å²) in [5.74, 6) is -1.16. The third kappa shape index (κ3) is 3.40. The first-order chi connectivity index (χ1) is 9.92. The Kier molecular flexibility index (Phi) is 4.60. The van der Waals surface area contributed by atoms with Crippen LogP contribution in [-0.2, 0) is 9.59 Å². The van der Waals surface area contributed by atoms with Crippen LogP contribution in [0, 0.1) is 17.7 Å². The molecule has 1 fully saturated rings. The average Bonchev–Trinajstić information content (AvgIpc) is 2.41.